The lowest BCUT2D eigenvalue weighted by Crippen LogP contribution is -2.38. The Hall–Kier alpha value is -3.39. The number of methoxy groups -OCH3 is 2. The van der Waals surface area contributed by atoms with E-state index in [0.717, 1.165) is 24.2 Å². The van der Waals surface area contributed by atoms with Crippen LogP contribution < -0.4 is 15.0 Å². The number of H-pyrrole nitrogens is 1. The number of hydrogen-bond donors (Lipinski definition) is 1. The van der Waals surface area contributed by atoms with E-state index in [9.17, 15) is 9.59 Å². The van der Waals surface area contributed by atoms with E-state index in [0.29, 0.717) is 42.0 Å². The maximum Gasteiger partial charge on any atom is 0.258 e. The summed E-state index contributed by atoms with van der Waals surface area (Å²) in [5, 5.41) is 0.531. The number of benzene rings is 2. The number of carbonyl (C=O) groups is 1. The Morgan fingerprint density at radius 1 is 1.21 bits per heavy atom. The van der Waals surface area contributed by atoms with Gasteiger partial charge in [0.2, 0.25) is 5.91 Å². The predicted molar refractivity (Wildman–Crippen MR) is 125 cm³/mol. The molecule has 1 aromatic heterocycles. The lowest BCUT2D eigenvalue weighted by atomic mass is 10.1. The number of aromatic amines is 1. The summed E-state index contributed by atoms with van der Waals surface area (Å²) in [6, 6.07) is 12.7. The first-order chi connectivity index (χ1) is 16.1. The summed E-state index contributed by atoms with van der Waals surface area (Å²) >= 11 is 0. The van der Waals surface area contributed by atoms with E-state index >= 15 is 0 Å². The van der Waals surface area contributed by atoms with Crippen LogP contribution in [0.5, 0.6) is 11.5 Å². The molecule has 1 atom stereocenters. The number of carbonyl (C=O) groups excluding carboxylic acids is 1. The van der Waals surface area contributed by atoms with Crippen LogP contribution in [-0.4, -0.2) is 54.3 Å². The second-order valence-electron chi connectivity index (χ2n) is 8.12. The van der Waals surface area contributed by atoms with Crippen LogP contribution in [0.3, 0.4) is 0 Å². The zero-order chi connectivity index (χ0) is 23.2. The molecular formula is C25H29N3O5. The number of aryl methyl sites for hydroxylation is 1. The molecular weight excluding hydrogens is 422 g/mol. The molecule has 0 aliphatic carbocycles. The van der Waals surface area contributed by atoms with Crippen molar-refractivity contribution in [2.24, 2.45) is 0 Å². The van der Waals surface area contributed by atoms with Crippen LogP contribution >= 0.6 is 0 Å². The lowest BCUT2D eigenvalue weighted by Gasteiger charge is -2.25. The van der Waals surface area contributed by atoms with Gasteiger partial charge in [-0.05, 0) is 55.2 Å². The Bertz CT molecular complexity index is 1170. The van der Waals surface area contributed by atoms with E-state index in [1.165, 1.54) is 0 Å². The summed E-state index contributed by atoms with van der Waals surface area (Å²) in [5.41, 5.74) is 1.31. The Morgan fingerprint density at radius 3 is 2.82 bits per heavy atom. The highest BCUT2D eigenvalue weighted by atomic mass is 16.5. The molecule has 8 nitrogen and oxygen atoms in total. The van der Waals surface area contributed by atoms with Crippen LogP contribution in [0, 0.1) is 0 Å². The average molecular weight is 452 g/mol. The van der Waals surface area contributed by atoms with Gasteiger partial charge in [-0.15, -0.1) is 0 Å². The summed E-state index contributed by atoms with van der Waals surface area (Å²) in [4.78, 5) is 34.9. The largest absolute Gasteiger partial charge is 0.497 e. The molecule has 1 unspecified atom stereocenters. The molecule has 0 saturated carbocycles. The van der Waals surface area contributed by atoms with Crippen molar-refractivity contribution in [2.45, 2.75) is 38.3 Å². The molecule has 0 spiro atoms. The first kappa shape index (κ1) is 22.8. The molecule has 1 fully saturated rings. The highest BCUT2D eigenvalue weighted by Gasteiger charge is 2.24. The van der Waals surface area contributed by atoms with Crippen LogP contribution in [0.4, 0.5) is 0 Å². The molecule has 1 N–H and O–H groups in total. The van der Waals surface area contributed by atoms with Crippen molar-refractivity contribution in [3.63, 3.8) is 0 Å². The van der Waals surface area contributed by atoms with E-state index < -0.39 is 0 Å². The first-order valence-corrected chi connectivity index (χ1v) is 11.2. The molecule has 8 heteroatoms. The summed E-state index contributed by atoms with van der Waals surface area (Å²) in [5.74, 6) is 1.86. The molecule has 2 aromatic carbocycles. The van der Waals surface area contributed by atoms with Crippen molar-refractivity contribution in [2.75, 3.05) is 27.4 Å². The van der Waals surface area contributed by atoms with Gasteiger partial charge >= 0.3 is 0 Å². The number of fused-ring (bicyclic) bond motifs is 1. The first-order valence-electron chi connectivity index (χ1n) is 11.2. The van der Waals surface area contributed by atoms with Gasteiger partial charge in [0, 0.05) is 19.6 Å². The number of para-hydroxylation sites is 1. The Kier molecular flexibility index (Phi) is 7.24. The van der Waals surface area contributed by atoms with Gasteiger partial charge in [0.15, 0.2) is 0 Å². The third-order valence-electron chi connectivity index (χ3n) is 5.90. The SMILES string of the molecule is COc1ccc(OC)c(CCC(=O)N(Cc2nc3ccccc3c(=O)[nH]2)CC2CCCO2)c1. The van der Waals surface area contributed by atoms with Gasteiger partial charge < -0.3 is 24.1 Å². The summed E-state index contributed by atoms with van der Waals surface area (Å²) in [6.07, 6.45) is 2.68. The van der Waals surface area contributed by atoms with Crippen LogP contribution in [0.15, 0.2) is 47.3 Å². The third-order valence-corrected chi connectivity index (χ3v) is 5.90. The molecule has 1 aliphatic heterocycles. The van der Waals surface area contributed by atoms with E-state index in [-0.39, 0.29) is 30.5 Å². The molecule has 4 rings (SSSR count). The summed E-state index contributed by atoms with van der Waals surface area (Å²) < 4.78 is 16.5. The summed E-state index contributed by atoms with van der Waals surface area (Å²) in [6.45, 7) is 1.39. The van der Waals surface area contributed by atoms with Crippen LogP contribution in [0.1, 0.15) is 30.7 Å². The van der Waals surface area contributed by atoms with E-state index in [1.54, 1.807) is 37.3 Å². The van der Waals surface area contributed by atoms with E-state index in [4.69, 9.17) is 14.2 Å². The van der Waals surface area contributed by atoms with Crippen molar-refractivity contribution < 1.29 is 19.0 Å². The molecule has 0 radical (unpaired) electrons. The molecule has 1 amide bonds. The Morgan fingerprint density at radius 2 is 2.06 bits per heavy atom. The van der Waals surface area contributed by atoms with Crippen molar-refractivity contribution in [1.82, 2.24) is 14.9 Å². The topological polar surface area (TPSA) is 93.8 Å². The second kappa shape index (κ2) is 10.5. The minimum Gasteiger partial charge on any atom is -0.497 e. The van der Waals surface area contributed by atoms with Crippen LogP contribution in [-0.2, 0) is 22.5 Å². The van der Waals surface area contributed by atoms with Gasteiger partial charge in [-0.2, -0.15) is 0 Å². The van der Waals surface area contributed by atoms with Gasteiger partial charge in [-0.3, -0.25) is 9.59 Å². The Labute approximate surface area is 192 Å². The molecule has 2 heterocycles. The van der Waals surface area contributed by atoms with Crippen molar-refractivity contribution >= 4 is 16.8 Å². The number of ether oxygens (including phenoxy) is 3. The fourth-order valence-electron chi connectivity index (χ4n) is 4.16. The van der Waals surface area contributed by atoms with Gasteiger partial charge in [0.25, 0.3) is 5.56 Å². The number of rotatable bonds is 9. The monoisotopic (exact) mass is 451 g/mol. The third kappa shape index (κ3) is 5.51. The van der Waals surface area contributed by atoms with Gasteiger partial charge in [-0.1, -0.05) is 12.1 Å². The summed E-state index contributed by atoms with van der Waals surface area (Å²) in [7, 11) is 3.22. The lowest BCUT2D eigenvalue weighted by molar-refractivity contribution is -0.133. The van der Waals surface area contributed by atoms with Crippen molar-refractivity contribution in [3.8, 4) is 11.5 Å². The van der Waals surface area contributed by atoms with Crippen molar-refractivity contribution in [1.29, 1.82) is 0 Å². The number of hydrogen-bond acceptors (Lipinski definition) is 6. The molecule has 174 valence electrons. The number of aromatic nitrogens is 2. The van der Waals surface area contributed by atoms with Crippen molar-refractivity contribution in [3.05, 3.63) is 64.2 Å². The molecule has 1 saturated heterocycles. The molecule has 1 aliphatic rings. The fraction of sp³-hybridized carbons (Fsp3) is 0.400. The smallest absolute Gasteiger partial charge is 0.258 e. The fourth-order valence-corrected chi connectivity index (χ4v) is 4.16. The maximum atomic E-state index is 13.3. The molecule has 33 heavy (non-hydrogen) atoms. The number of nitrogens with zero attached hydrogens (tertiary/aromatic N) is 2. The second-order valence-corrected chi connectivity index (χ2v) is 8.12. The number of amides is 1. The van der Waals surface area contributed by atoms with Crippen LogP contribution in [0.2, 0.25) is 0 Å². The van der Waals surface area contributed by atoms with Gasteiger partial charge in [-0.25, -0.2) is 4.98 Å². The zero-order valence-electron chi connectivity index (χ0n) is 19.0. The van der Waals surface area contributed by atoms with E-state index in [2.05, 4.69) is 9.97 Å². The standard InChI is InChI=1S/C25H29N3O5/c1-31-18-10-11-22(32-2)17(14-18)9-12-24(29)28(15-19-6-5-13-33-19)16-23-26-21-8-4-3-7-20(21)25(30)27-23/h3-4,7-8,10-11,14,19H,5-6,9,12-13,15-16H2,1-2H3,(H,26,27,30). The quantitative estimate of drug-likeness (QED) is 0.537. The highest BCUT2D eigenvalue weighted by molar-refractivity contribution is 5.78. The molecule has 0 bridgehead atoms. The van der Waals surface area contributed by atoms with E-state index in [1.807, 2.05) is 24.3 Å². The predicted octanol–water partition coefficient (Wildman–Crippen LogP) is 3.08. The highest BCUT2D eigenvalue weighted by Crippen LogP contribution is 2.25. The van der Waals surface area contributed by atoms with Gasteiger partial charge in [0.1, 0.15) is 17.3 Å². The normalized spacial score (nSPS) is 15.5. The minimum atomic E-state index is -0.207. The maximum absolute atomic E-state index is 13.3. The number of nitrogens with one attached hydrogen (secondary N) is 1. The minimum absolute atomic E-state index is 0.00696. The average Bonchev–Trinajstić information content (AvgIpc) is 3.35. The van der Waals surface area contributed by atoms with Crippen LogP contribution in [0.25, 0.3) is 10.9 Å². The zero-order valence-corrected chi connectivity index (χ0v) is 19.0. The molecule has 3 aromatic rings. The Balaban J connectivity index is 1.53. The van der Waals surface area contributed by atoms with Gasteiger partial charge in [0.05, 0.1) is 37.8 Å².